The van der Waals surface area contributed by atoms with E-state index in [1.807, 2.05) is 0 Å². The van der Waals surface area contributed by atoms with Crippen LogP contribution in [0.3, 0.4) is 0 Å². The normalized spacial score (nSPS) is 22.3. The van der Waals surface area contributed by atoms with Crippen molar-refractivity contribution >= 4 is 11.6 Å². The van der Waals surface area contributed by atoms with Crippen molar-refractivity contribution in [3.63, 3.8) is 0 Å². The standard InChI is InChI=1S/C12H16ClFN2/c1-9-7-16(5-4-15-9)8-10-6-11(13)2-3-12(10)14/h2-3,6,9,15H,4-5,7-8H2,1H3. The summed E-state index contributed by atoms with van der Waals surface area (Å²) in [6.45, 7) is 5.64. The maximum absolute atomic E-state index is 13.5. The van der Waals surface area contributed by atoms with Gasteiger partial charge in [0.15, 0.2) is 0 Å². The third-order valence-electron chi connectivity index (χ3n) is 2.85. The molecular weight excluding hydrogens is 227 g/mol. The van der Waals surface area contributed by atoms with E-state index in [1.54, 1.807) is 12.1 Å². The van der Waals surface area contributed by atoms with Gasteiger partial charge in [-0.3, -0.25) is 4.90 Å². The van der Waals surface area contributed by atoms with E-state index in [9.17, 15) is 4.39 Å². The van der Waals surface area contributed by atoms with Gasteiger partial charge in [0.2, 0.25) is 0 Å². The third kappa shape index (κ3) is 2.94. The molecule has 88 valence electrons. The van der Waals surface area contributed by atoms with Gasteiger partial charge in [-0.2, -0.15) is 0 Å². The van der Waals surface area contributed by atoms with E-state index >= 15 is 0 Å². The molecule has 0 aliphatic carbocycles. The van der Waals surface area contributed by atoms with Crippen molar-refractivity contribution in [2.24, 2.45) is 0 Å². The summed E-state index contributed by atoms with van der Waals surface area (Å²) in [6, 6.07) is 5.20. The lowest BCUT2D eigenvalue weighted by atomic mass is 10.1. The molecule has 0 amide bonds. The Morgan fingerprint density at radius 3 is 3.12 bits per heavy atom. The number of benzene rings is 1. The van der Waals surface area contributed by atoms with Crippen LogP contribution in [0.2, 0.25) is 5.02 Å². The smallest absolute Gasteiger partial charge is 0.127 e. The summed E-state index contributed by atoms with van der Waals surface area (Å²) in [7, 11) is 0. The predicted molar refractivity (Wildman–Crippen MR) is 64.2 cm³/mol. The van der Waals surface area contributed by atoms with E-state index in [1.165, 1.54) is 6.07 Å². The maximum Gasteiger partial charge on any atom is 0.127 e. The summed E-state index contributed by atoms with van der Waals surface area (Å²) < 4.78 is 13.5. The summed E-state index contributed by atoms with van der Waals surface area (Å²) in [5.74, 6) is -0.171. The van der Waals surface area contributed by atoms with Crippen LogP contribution < -0.4 is 5.32 Å². The Morgan fingerprint density at radius 2 is 2.38 bits per heavy atom. The molecule has 1 fully saturated rings. The lowest BCUT2D eigenvalue weighted by Crippen LogP contribution is -2.48. The number of nitrogens with one attached hydrogen (secondary N) is 1. The molecule has 1 aliphatic rings. The van der Waals surface area contributed by atoms with Gasteiger partial charge in [-0.1, -0.05) is 11.6 Å². The third-order valence-corrected chi connectivity index (χ3v) is 3.09. The number of nitrogens with zero attached hydrogens (tertiary/aromatic N) is 1. The van der Waals surface area contributed by atoms with Crippen LogP contribution in [0.4, 0.5) is 4.39 Å². The summed E-state index contributed by atoms with van der Waals surface area (Å²) in [4.78, 5) is 2.25. The van der Waals surface area contributed by atoms with E-state index in [-0.39, 0.29) is 5.82 Å². The lowest BCUT2D eigenvalue weighted by molar-refractivity contribution is 0.197. The van der Waals surface area contributed by atoms with Crippen molar-refractivity contribution in [3.05, 3.63) is 34.6 Å². The summed E-state index contributed by atoms with van der Waals surface area (Å²) in [5, 5.41) is 3.96. The molecule has 2 rings (SSSR count). The molecule has 2 nitrogen and oxygen atoms in total. The zero-order valence-electron chi connectivity index (χ0n) is 9.34. The topological polar surface area (TPSA) is 15.3 Å². The Hall–Kier alpha value is -0.640. The lowest BCUT2D eigenvalue weighted by Gasteiger charge is -2.31. The molecule has 0 saturated carbocycles. The van der Waals surface area contributed by atoms with E-state index in [0.717, 1.165) is 19.6 Å². The van der Waals surface area contributed by atoms with Crippen molar-refractivity contribution in [2.45, 2.75) is 19.5 Å². The summed E-state index contributed by atoms with van der Waals surface area (Å²) >= 11 is 5.87. The Labute approximate surface area is 100 Å². The van der Waals surface area contributed by atoms with E-state index in [0.29, 0.717) is 23.2 Å². The molecule has 1 aromatic rings. The first-order valence-electron chi connectivity index (χ1n) is 5.55. The fourth-order valence-corrected chi connectivity index (χ4v) is 2.26. The Morgan fingerprint density at radius 1 is 1.56 bits per heavy atom. The van der Waals surface area contributed by atoms with Crippen LogP contribution >= 0.6 is 11.6 Å². The molecule has 1 saturated heterocycles. The first-order chi connectivity index (χ1) is 7.65. The van der Waals surface area contributed by atoms with Crippen molar-refractivity contribution in [1.82, 2.24) is 10.2 Å². The molecule has 1 atom stereocenters. The first-order valence-corrected chi connectivity index (χ1v) is 5.92. The molecule has 0 bridgehead atoms. The van der Waals surface area contributed by atoms with Gasteiger partial charge in [0, 0.05) is 42.8 Å². The second kappa shape index (κ2) is 5.13. The average Bonchev–Trinajstić information content (AvgIpc) is 2.24. The van der Waals surface area contributed by atoms with Crippen molar-refractivity contribution < 1.29 is 4.39 Å². The molecular formula is C12H16ClFN2. The van der Waals surface area contributed by atoms with E-state index < -0.39 is 0 Å². The number of halogens is 2. The molecule has 1 N–H and O–H groups in total. The molecule has 1 unspecified atom stereocenters. The maximum atomic E-state index is 13.5. The summed E-state index contributed by atoms with van der Waals surface area (Å²) in [6.07, 6.45) is 0. The fourth-order valence-electron chi connectivity index (χ4n) is 2.06. The van der Waals surface area contributed by atoms with Gasteiger partial charge in [0.1, 0.15) is 5.82 Å². The molecule has 1 aromatic carbocycles. The minimum absolute atomic E-state index is 0.171. The van der Waals surface area contributed by atoms with Gasteiger partial charge in [-0.05, 0) is 25.1 Å². The monoisotopic (exact) mass is 242 g/mol. The van der Waals surface area contributed by atoms with Crippen molar-refractivity contribution in [3.8, 4) is 0 Å². The molecule has 0 radical (unpaired) electrons. The van der Waals surface area contributed by atoms with Gasteiger partial charge >= 0.3 is 0 Å². The highest BCUT2D eigenvalue weighted by Gasteiger charge is 2.16. The molecule has 16 heavy (non-hydrogen) atoms. The highest BCUT2D eigenvalue weighted by Crippen LogP contribution is 2.17. The zero-order chi connectivity index (χ0) is 11.5. The number of rotatable bonds is 2. The van der Waals surface area contributed by atoms with Crippen LogP contribution in [-0.2, 0) is 6.54 Å². The fraction of sp³-hybridized carbons (Fsp3) is 0.500. The van der Waals surface area contributed by atoms with Crippen LogP contribution in [0.15, 0.2) is 18.2 Å². The van der Waals surface area contributed by atoms with Crippen LogP contribution in [0.1, 0.15) is 12.5 Å². The quantitative estimate of drug-likeness (QED) is 0.856. The van der Waals surface area contributed by atoms with Crippen LogP contribution in [0, 0.1) is 5.82 Å². The van der Waals surface area contributed by atoms with Crippen LogP contribution in [0.25, 0.3) is 0 Å². The largest absolute Gasteiger partial charge is 0.312 e. The number of hydrogen-bond donors (Lipinski definition) is 1. The average molecular weight is 243 g/mol. The molecule has 1 heterocycles. The zero-order valence-corrected chi connectivity index (χ0v) is 10.1. The molecule has 1 aliphatic heterocycles. The highest BCUT2D eigenvalue weighted by atomic mass is 35.5. The first kappa shape index (κ1) is 11.8. The molecule has 0 spiro atoms. The van der Waals surface area contributed by atoms with Gasteiger partial charge < -0.3 is 5.32 Å². The molecule has 4 heteroatoms. The van der Waals surface area contributed by atoms with Crippen LogP contribution in [0.5, 0.6) is 0 Å². The SMILES string of the molecule is CC1CN(Cc2cc(Cl)ccc2F)CCN1. The number of hydrogen-bond acceptors (Lipinski definition) is 2. The second-order valence-corrected chi connectivity index (χ2v) is 4.76. The van der Waals surface area contributed by atoms with Crippen molar-refractivity contribution in [2.75, 3.05) is 19.6 Å². The highest BCUT2D eigenvalue weighted by molar-refractivity contribution is 6.30. The van der Waals surface area contributed by atoms with Gasteiger partial charge in [-0.25, -0.2) is 4.39 Å². The Kier molecular flexibility index (Phi) is 3.79. The van der Waals surface area contributed by atoms with Gasteiger partial charge in [0.05, 0.1) is 0 Å². The second-order valence-electron chi connectivity index (χ2n) is 4.33. The van der Waals surface area contributed by atoms with Gasteiger partial charge in [-0.15, -0.1) is 0 Å². The minimum Gasteiger partial charge on any atom is -0.312 e. The number of piperazine rings is 1. The van der Waals surface area contributed by atoms with E-state index in [4.69, 9.17) is 11.6 Å². The minimum atomic E-state index is -0.171. The van der Waals surface area contributed by atoms with E-state index in [2.05, 4.69) is 17.1 Å². The molecule has 0 aromatic heterocycles. The Balaban J connectivity index is 2.05. The predicted octanol–water partition coefficient (Wildman–Crippen LogP) is 2.27. The Bertz CT molecular complexity index is 370. The van der Waals surface area contributed by atoms with Gasteiger partial charge in [0.25, 0.3) is 0 Å². The van der Waals surface area contributed by atoms with Crippen LogP contribution in [-0.4, -0.2) is 30.6 Å². The van der Waals surface area contributed by atoms with Crippen molar-refractivity contribution in [1.29, 1.82) is 0 Å². The summed E-state index contributed by atoms with van der Waals surface area (Å²) in [5.41, 5.74) is 0.682.